The minimum absolute atomic E-state index is 0.112. The fourth-order valence-electron chi connectivity index (χ4n) is 2.19. The molecule has 0 fully saturated rings. The molecule has 1 atom stereocenters. The highest BCUT2D eigenvalue weighted by Crippen LogP contribution is 2.32. The highest BCUT2D eigenvalue weighted by molar-refractivity contribution is 7.11. The second-order valence-corrected chi connectivity index (χ2v) is 5.91. The van der Waals surface area contributed by atoms with Gasteiger partial charge >= 0.3 is 5.97 Å². The highest BCUT2D eigenvalue weighted by Gasteiger charge is 2.41. The summed E-state index contributed by atoms with van der Waals surface area (Å²) in [4.78, 5) is 16.6. The van der Waals surface area contributed by atoms with Gasteiger partial charge in [0.2, 0.25) is 0 Å². The first kappa shape index (κ1) is 14.6. The maximum absolute atomic E-state index is 14.0. The molecule has 0 spiro atoms. The third kappa shape index (κ3) is 2.57. The van der Waals surface area contributed by atoms with Crippen LogP contribution in [0.1, 0.15) is 15.4 Å². The lowest BCUT2D eigenvalue weighted by Gasteiger charge is -2.28. The van der Waals surface area contributed by atoms with Crippen LogP contribution in [-0.2, 0) is 16.6 Å². The number of aromatic nitrogens is 1. The number of rotatable bonds is 5. The number of carbonyl (C=O) groups is 1. The van der Waals surface area contributed by atoms with Crippen LogP contribution >= 0.6 is 11.3 Å². The van der Waals surface area contributed by atoms with Gasteiger partial charge in [0.15, 0.2) is 0 Å². The van der Waals surface area contributed by atoms with E-state index >= 15 is 0 Å². The van der Waals surface area contributed by atoms with E-state index in [1.165, 1.54) is 29.5 Å². The summed E-state index contributed by atoms with van der Waals surface area (Å²) in [5, 5.41) is 10.4. The number of carboxylic acids is 1. The van der Waals surface area contributed by atoms with E-state index in [4.69, 9.17) is 5.73 Å². The van der Waals surface area contributed by atoms with Crippen LogP contribution in [0.3, 0.4) is 0 Å². The SMILES string of the molecule is Cc1ncc(CC(CN)(C(=O)O)c2ccccc2F)s1. The number of aliphatic carboxylic acids is 1. The molecule has 20 heavy (non-hydrogen) atoms. The summed E-state index contributed by atoms with van der Waals surface area (Å²) < 4.78 is 14.0. The van der Waals surface area contributed by atoms with E-state index in [9.17, 15) is 14.3 Å². The maximum atomic E-state index is 14.0. The van der Waals surface area contributed by atoms with E-state index in [1.807, 2.05) is 6.92 Å². The third-order valence-corrected chi connectivity index (χ3v) is 4.21. The molecule has 1 heterocycles. The van der Waals surface area contributed by atoms with Gasteiger partial charge in [-0.15, -0.1) is 11.3 Å². The average Bonchev–Trinajstić information content (AvgIpc) is 2.82. The molecule has 0 aliphatic heterocycles. The highest BCUT2D eigenvalue weighted by atomic mass is 32.1. The van der Waals surface area contributed by atoms with Gasteiger partial charge in [-0.2, -0.15) is 0 Å². The Hall–Kier alpha value is -1.79. The van der Waals surface area contributed by atoms with Crippen LogP contribution < -0.4 is 5.73 Å². The molecule has 3 N–H and O–H groups in total. The van der Waals surface area contributed by atoms with Crippen LogP contribution in [0.2, 0.25) is 0 Å². The minimum Gasteiger partial charge on any atom is -0.481 e. The Labute approximate surface area is 120 Å². The van der Waals surface area contributed by atoms with E-state index in [2.05, 4.69) is 4.98 Å². The number of nitrogens with zero attached hydrogens (tertiary/aromatic N) is 1. The lowest BCUT2D eigenvalue weighted by atomic mass is 9.77. The Morgan fingerprint density at radius 1 is 1.50 bits per heavy atom. The van der Waals surface area contributed by atoms with Crippen molar-refractivity contribution >= 4 is 17.3 Å². The molecule has 2 rings (SSSR count). The molecule has 0 saturated carbocycles. The zero-order valence-corrected chi connectivity index (χ0v) is 11.8. The predicted molar refractivity (Wildman–Crippen MR) is 75.3 cm³/mol. The van der Waals surface area contributed by atoms with Crippen molar-refractivity contribution in [3.8, 4) is 0 Å². The van der Waals surface area contributed by atoms with E-state index in [0.29, 0.717) is 0 Å². The standard InChI is InChI=1S/C14H15FN2O2S/c1-9-17-7-10(20-9)6-14(8-16,13(18)19)11-4-2-3-5-12(11)15/h2-5,7H,6,8,16H2,1H3,(H,18,19). The zero-order chi connectivity index (χ0) is 14.8. The summed E-state index contributed by atoms with van der Waals surface area (Å²) in [5.74, 6) is -1.68. The fourth-order valence-corrected chi connectivity index (χ4v) is 3.10. The largest absolute Gasteiger partial charge is 0.481 e. The molecular formula is C14H15FN2O2S. The second kappa shape index (κ2) is 5.68. The van der Waals surface area contributed by atoms with Gasteiger partial charge in [0.05, 0.1) is 5.01 Å². The lowest BCUT2D eigenvalue weighted by molar-refractivity contribution is -0.143. The number of nitrogens with two attached hydrogens (primary N) is 1. The van der Waals surface area contributed by atoms with Gasteiger partial charge in [0.25, 0.3) is 0 Å². The Kier molecular flexibility index (Phi) is 4.15. The lowest BCUT2D eigenvalue weighted by Crippen LogP contribution is -2.45. The van der Waals surface area contributed by atoms with Crippen molar-refractivity contribution in [2.75, 3.05) is 6.54 Å². The molecule has 0 saturated heterocycles. The third-order valence-electron chi connectivity index (χ3n) is 3.29. The van der Waals surface area contributed by atoms with Crippen LogP contribution in [-0.4, -0.2) is 22.6 Å². The van der Waals surface area contributed by atoms with Crippen molar-refractivity contribution in [2.45, 2.75) is 18.8 Å². The van der Waals surface area contributed by atoms with E-state index < -0.39 is 17.2 Å². The van der Waals surface area contributed by atoms with Crippen molar-refractivity contribution in [1.29, 1.82) is 0 Å². The summed E-state index contributed by atoms with van der Waals surface area (Å²) in [6.07, 6.45) is 1.75. The predicted octanol–water partition coefficient (Wildman–Crippen LogP) is 2.11. The zero-order valence-electron chi connectivity index (χ0n) is 11.0. The minimum atomic E-state index is -1.47. The first-order valence-electron chi connectivity index (χ1n) is 6.09. The molecule has 6 heteroatoms. The molecule has 0 bridgehead atoms. The summed E-state index contributed by atoms with van der Waals surface area (Å²) in [7, 11) is 0. The smallest absolute Gasteiger partial charge is 0.315 e. The van der Waals surface area contributed by atoms with Gasteiger partial charge in [-0.1, -0.05) is 18.2 Å². The van der Waals surface area contributed by atoms with Gasteiger partial charge < -0.3 is 10.8 Å². The van der Waals surface area contributed by atoms with Crippen LogP contribution in [0.15, 0.2) is 30.5 Å². The normalized spacial score (nSPS) is 13.9. The number of hydrogen-bond donors (Lipinski definition) is 2. The van der Waals surface area contributed by atoms with Crippen molar-refractivity contribution in [1.82, 2.24) is 4.98 Å². The molecule has 0 aliphatic carbocycles. The quantitative estimate of drug-likeness (QED) is 0.885. The van der Waals surface area contributed by atoms with Crippen LogP contribution in [0.5, 0.6) is 0 Å². The Bertz CT molecular complexity index is 629. The first-order chi connectivity index (χ1) is 9.49. The van der Waals surface area contributed by atoms with E-state index in [-0.39, 0.29) is 18.5 Å². The van der Waals surface area contributed by atoms with E-state index in [0.717, 1.165) is 9.88 Å². The molecule has 1 unspecified atom stereocenters. The van der Waals surface area contributed by atoms with Crippen LogP contribution in [0.25, 0.3) is 0 Å². The summed E-state index contributed by atoms with van der Waals surface area (Å²) >= 11 is 1.40. The van der Waals surface area contributed by atoms with Crippen molar-refractivity contribution < 1.29 is 14.3 Å². The number of aryl methyl sites for hydroxylation is 1. The Morgan fingerprint density at radius 3 is 2.70 bits per heavy atom. The van der Waals surface area contributed by atoms with Crippen LogP contribution in [0, 0.1) is 12.7 Å². The fraction of sp³-hybridized carbons (Fsp3) is 0.286. The van der Waals surface area contributed by atoms with Crippen molar-refractivity contribution in [2.24, 2.45) is 5.73 Å². The Morgan fingerprint density at radius 2 is 2.20 bits per heavy atom. The molecule has 1 aromatic carbocycles. The number of benzene rings is 1. The molecule has 0 amide bonds. The van der Waals surface area contributed by atoms with E-state index in [1.54, 1.807) is 12.3 Å². The van der Waals surface area contributed by atoms with Crippen molar-refractivity contribution in [3.05, 3.63) is 51.7 Å². The maximum Gasteiger partial charge on any atom is 0.315 e. The van der Waals surface area contributed by atoms with Gasteiger partial charge in [-0.25, -0.2) is 9.37 Å². The number of carboxylic acid groups (broad SMARTS) is 1. The van der Waals surface area contributed by atoms with Gasteiger partial charge in [0, 0.05) is 29.6 Å². The molecule has 0 radical (unpaired) electrons. The molecular weight excluding hydrogens is 279 g/mol. The van der Waals surface area contributed by atoms with Crippen LogP contribution in [0.4, 0.5) is 4.39 Å². The molecule has 4 nitrogen and oxygen atoms in total. The number of halogens is 1. The first-order valence-corrected chi connectivity index (χ1v) is 6.91. The topological polar surface area (TPSA) is 76.2 Å². The average molecular weight is 294 g/mol. The summed E-state index contributed by atoms with van der Waals surface area (Å²) in [6.45, 7) is 1.66. The Balaban J connectivity index is 2.51. The van der Waals surface area contributed by atoms with Gasteiger partial charge in [0.1, 0.15) is 11.2 Å². The molecule has 2 aromatic rings. The van der Waals surface area contributed by atoms with Crippen molar-refractivity contribution in [3.63, 3.8) is 0 Å². The second-order valence-electron chi connectivity index (χ2n) is 4.59. The number of thiazole rings is 1. The van der Waals surface area contributed by atoms with Gasteiger partial charge in [-0.05, 0) is 13.0 Å². The summed E-state index contributed by atoms with van der Waals surface area (Å²) in [6, 6.07) is 5.87. The molecule has 106 valence electrons. The number of hydrogen-bond acceptors (Lipinski definition) is 4. The van der Waals surface area contributed by atoms with Gasteiger partial charge in [-0.3, -0.25) is 4.79 Å². The molecule has 1 aromatic heterocycles. The molecule has 0 aliphatic rings. The summed E-state index contributed by atoms with van der Waals surface area (Å²) in [5.41, 5.74) is 4.35. The monoisotopic (exact) mass is 294 g/mol.